The number of hydrogen-bond acceptors (Lipinski definition) is 7. The van der Waals surface area contributed by atoms with Crippen LogP contribution in [0.4, 0.5) is 4.79 Å². The van der Waals surface area contributed by atoms with E-state index in [-0.39, 0.29) is 36.5 Å². The number of aromatic hydroxyl groups is 1. The van der Waals surface area contributed by atoms with Gasteiger partial charge in [0.1, 0.15) is 5.75 Å². The molecule has 1 aliphatic heterocycles. The molecule has 270 valence electrons. The Morgan fingerprint density at radius 2 is 1.42 bits per heavy atom. The van der Waals surface area contributed by atoms with E-state index in [1.165, 1.54) is 0 Å². The van der Waals surface area contributed by atoms with E-state index in [2.05, 4.69) is 35.8 Å². The molecule has 1 heterocycles. The Balaban J connectivity index is 1.13. The summed E-state index contributed by atoms with van der Waals surface area (Å²) in [5, 5.41) is 36.3. The number of amides is 2. The lowest BCUT2D eigenvalue weighted by molar-refractivity contribution is -0.276. The van der Waals surface area contributed by atoms with Gasteiger partial charge in [-0.15, -0.1) is 0 Å². The van der Waals surface area contributed by atoms with E-state index in [0.717, 1.165) is 38.9 Å². The van der Waals surface area contributed by atoms with Crippen LogP contribution in [0.1, 0.15) is 58.8 Å². The van der Waals surface area contributed by atoms with Crippen molar-refractivity contribution in [3.63, 3.8) is 0 Å². The monoisotopic (exact) mass is 701 g/mol. The molecule has 0 unspecified atom stereocenters. The third kappa shape index (κ3) is 9.64. The summed E-state index contributed by atoms with van der Waals surface area (Å²) in [6, 6.07) is 40.4. The summed E-state index contributed by atoms with van der Waals surface area (Å²) in [5.41, 5.74) is 7.45. The minimum absolute atomic E-state index is 0.0207. The summed E-state index contributed by atoms with van der Waals surface area (Å²) in [5.74, 6) is 0.0982. The zero-order valence-corrected chi connectivity index (χ0v) is 29.6. The van der Waals surface area contributed by atoms with Gasteiger partial charge in [0, 0.05) is 37.7 Å². The summed E-state index contributed by atoms with van der Waals surface area (Å²) in [7, 11) is 1.95. The second kappa shape index (κ2) is 17.5. The molecule has 0 aliphatic carbocycles. The van der Waals surface area contributed by atoms with Gasteiger partial charge in [-0.1, -0.05) is 116 Å². The number of aliphatic hydroxyl groups is 2. The summed E-state index contributed by atoms with van der Waals surface area (Å²) < 4.78 is 13.3. The first-order valence-corrected chi connectivity index (χ1v) is 17.7. The zero-order valence-electron chi connectivity index (χ0n) is 29.6. The molecule has 2 amide bonds. The molecular formula is C43H47N3O6. The smallest absolute Gasteiger partial charge is 0.315 e. The Labute approximate surface area is 305 Å². The number of ether oxygens (including phenoxy) is 2. The van der Waals surface area contributed by atoms with Gasteiger partial charge in [0.2, 0.25) is 0 Å². The van der Waals surface area contributed by atoms with Gasteiger partial charge in [0.05, 0.1) is 24.9 Å². The predicted molar refractivity (Wildman–Crippen MR) is 201 cm³/mol. The molecular weight excluding hydrogens is 654 g/mol. The van der Waals surface area contributed by atoms with Crippen molar-refractivity contribution < 1.29 is 29.6 Å². The van der Waals surface area contributed by atoms with Crippen LogP contribution in [0.5, 0.6) is 5.75 Å². The highest BCUT2D eigenvalue weighted by molar-refractivity contribution is 5.74. The van der Waals surface area contributed by atoms with Crippen LogP contribution in [0.3, 0.4) is 0 Å². The van der Waals surface area contributed by atoms with Crippen molar-refractivity contribution in [2.45, 2.75) is 51.2 Å². The molecule has 5 aromatic rings. The number of rotatable bonds is 13. The van der Waals surface area contributed by atoms with Gasteiger partial charge in [-0.2, -0.15) is 0 Å². The van der Waals surface area contributed by atoms with E-state index in [0.29, 0.717) is 31.7 Å². The summed E-state index contributed by atoms with van der Waals surface area (Å²) in [6.45, 7) is 3.85. The van der Waals surface area contributed by atoms with Crippen LogP contribution in [0.15, 0.2) is 127 Å². The number of benzene rings is 5. The maximum atomic E-state index is 12.4. The van der Waals surface area contributed by atoms with E-state index < -0.39 is 12.4 Å². The van der Waals surface area contributed by atoms with E-state index >= 15 is 0 Å². The van der Waals surface area contributed by atoms with Crippen molar-refractivity contribution in [1.29, 1.82) is 0 Å². The molecule has 0 bridgehead atoms. The molecule has 0 aromatic heterocycles. The standard InChI is InChI=1S/C43H47N3O6/c1-29-40(27-46(2)26-39(49)37-12-7-13-38(48)23-37)51-42(52-41(29)34-16-14-31(28-47)15-17-34)35-20-18-33(19-21-35)36-11-6-10-32(22-36)25-45-43(50)44-24-30-8-4-3-5-9-30/h3-23,29,39-42,47-49H,24-28H2,1-2H3,(H2,44,45,50)/t29-,39-,40+,41+,42+/m1/s1. The maximum Gasteiger partial charge on any atom is 0.315 e. The largest absolute Gasteiger partial charge is 0.508 e. The lowest BCUT2D eigenvalue weighted by Crippen LogP contribution is -2.44. The maximum absolute atomic E-state index is 12.4. The normalized spacial score (nSPS) is 19.2. The summed E-state index contributed by atoms with van der Waals surface area (Å²) in [6.07, 6.45) is -1.90. The van der Waals surface area contributed by atoms with Crippen molar-refractivity contribution in [2.24, 2.45) is 5.92 Å². The van der Waals surface area contributed by atoms with E-state index in [9.17, 15) is 20.1 Å². The lowest BCUT2D eigenvalue weighted by atomic mass is 9.90. The predicted octanol–water partition coefficient (Wildman–Crippen LogP) is 7.01. The Hall–Kier alpha value is -5.03. The highest BCUT2D eigenvalue weighted by atomic mass is 16.7. The van der Waals surface area contributed by atoms with Gasteiger partial charge in [-0.05, 0) is 64.2 Å². The quantitative estimate of drug-likeness (QED) is 0.0896. The second-order valence-corrected chi connectivity index (χ2v) is 13.5. The van der Waals surface area contributed by atoms with Gasteiger partial charge in [0.15, 0.2) is 6.29 Å². The number of carbonyl (C=O) groups excluding carboxylic acids is 1. The minimum Gasteiger partial charge on any atom is -0.508 e. The van der Waals surface area contributed by atoms with E-state index in [1.807, 2.05) is 96.9 Å². The molecule has 6 rings (SSSR count). The SMILES string of the molecule is C[C@@H]1[C@H](CN(C)C[C@@H](O)c2cccc(O)c2)O[C@H](c2ccc(-c3cccc(CNC(=O)NCc4ccccc4)c3)cc2)O[C@@H]1c1ccc(CO)cc1. The fourth-order valence-electron chi connectivity index (χ4n) is 6.56. The van der Waals surface area contributed by atoms with Crippen LogP contribution in [0.2, 0.25) is 0 Å². The summed E-state index contributed by atoms with van der Waals surface area (Å²) >= 11 is 0. The Morgan fingerprint density at radius 3 is 2.13 bits per heavy atom. The molecule has 5 atom stereocenters. The van der Waals surface area contributed by atoms with Crippen LogP contribution in [-0.2, 0) is 29.2 Å². The molecule has 0 radical (unpaired) electrons. The van der Waals surface area contributed by atoms with E-state index in [4.69, 9.17) is 9.47 Å². The topological polar surface area (TPSA) is 124 Å². The number of phenolic OH excluding ortho intramolecular Hbond substituents is 1. The number of nitrogens with one attached hydrogen (secondary N) is 2. The van der Waals surface area contributed by atoms with E-state index in [1.54, 1.807) is 24.3 Å². The first-order valence-electron chi connectivity index (χ1n) is 17.7. The van der Waals surface area contributed by atoms with Crippen molar-refractivity contribution in [3.05, 3.63) is 161 Å². The van der Waals surface area contributed by atoms with Crippen LogP contribution in [0.25, 0.3) is 11.1 Å². The number of carbonyl (C=O) groups is 1. The molecule has 0 spiro atoms. The molecule has 5 N–H and O–H groups in total. The van der Waals surface area contributed by atoms with Gasteiger partial charge in [0.25, 0.3) is 0 Å². The summed E-state index contributed by atoms with van der Waals surface area (Å²) in [4.78, 5) is 14.5. The highest BCUT2D eigenvalue weighted by Gasteiger charge is 2.39. The van der Waals surface area contributed by atoms with Crippen molar-refractivity contribution in [1.82, 2.24) is 15.5 Å². The van der Waals surface area contributed by atoms with Gasteiger partial charge < -0.3 is 40.3 Å². The van der Waals surface area contributed by atoms with Crippen molar-refractivity contribution in [2.75, 3.05) is 20.1 Å². The molecule has 1 fully saturated rings. The zero-order chi connectivity index (χ0) is 36.5. The van der Waals surface area contributed by atoms with Crippen molar-refractivity contribution in [3.8, 4) is 16.9 Å². The molecule has 9 heteroatoms. The highest BCUT2D eigenvalue weighted by Crippen LogP contribution is 2.42. The first-order chi connectivity index (χ1) is 25.2. The van der Waals surface area contributed by atoms with Gasteiger partial charge >= 0.3 is 6.03 Å². The fourth-order valence-corrected chi connectivity index (χ4v) is 6.56. The molecule has 52 heavy (non-hydrogen) atoms. The fraction of sp³-hybridized carbons (Fsp3) is 0.279. The lowest BCUT2D eigenvalue weighted by Gasteiger charge is -2.42. The van der Waals surface area contributed by atoms with Crippen LogP contribution in [0, 0.1) is 5.92 Å². The third-order valence-electron chi connectivity index (χ3n) is 9.55. The number of nitrogens with zero attached hydrogens (tertiary/aromatic N) is 1. The molecule has 1 saturated heterocycles. The van der Waals surface area contributed by atoms with Gasteiger partial charge in [-0.3, -0.25) is 0 Å². The Morgan fingerprint density at radius 1 is 0.750 bits per heavy atom. The average molecular weight is 702 g/mol. The Bertz CT molecular complexity index is 1890. The number of phenols is 1. The first kappa shape index (κ1) is 36.8. The second-order valence-electron chi connectivity index (χ2n) is 13.5. The average Bonchev–Trinajstić information content (AvgIpc) is 3.17. The number of hydrogen-bond donors (Lipinski definition) is 5. The number of aliphatic hydroxyl groups excluding tert-OH is 2. The Kier molecular flexibility index (Phi) is 12.3. The number of urea groups is 1. The van der Waals surface area contributed by atoms with Crippen LogP contribution < -0.4 is 10.6 Å². The molecule has 0 saturated carbocycles. The molecule has 5 aromatic carbocycles. The third-order valence-corrected chi connectivity index (χ3v) is 9.55. The molecule has 9 nitrogen and oxygen atoms in total. The minimum atomic E-state index is -0.775. The van der Waals surface area contributed by atoms with Crippen LogP contribution >= 0.6 is 0 Å². The van der Waals surface area contributed by atoms with Gasteiger partial charge in [-0.25, -0.2) is 4.79 Å². The van der Waals surface area contributed by atoms with Crippen LogP contribution in [-0.4, -0.2) is 52.5 Å². The molecule has 1 aliphatic rings. The number of likely N-dealkylation sites (N-methyl/N-ethyl adjacent to an activating group) is 1. The van der Waals surface area contributed by atoms with Crippen molar-refractivity contribution >= 4 is 6.03 Å².